The number of benzene rings is 1. The molecule has 3 unspecified atom stereocenters. The molecule has 0 radical (unpaired) electrons. The van der Waals surface area contributed by atoms with Crippen molar-refractivity contribution in [2.24, 2.45) is 10.9 Å². The molecule has 8 heteroatoms. The number of likely N-dealkylation sites (N-methyl/N-ethyl adjacent to an activating group) is 1. The lowest BCUT2D eigenvalue weighted by Gasteiger charge is -2.39. The first kappa shape index (κ1) is 18.1. The molecule has 0 aliphatic carbocycles. The molecule has 3 aliphatic rings. The van der Waals surface area contributed by atoms with E-state index in [0.717, 1.165) is 31.0 Å². The number of hydrogen-bond acceptors (Lipinski definition) is 5. The summed E-state index contributed by atoms with van der Waals surface area (Å²) < 4.78 is 0. The van der Waals surface area contributed by atoms with Crippen LogP contribution in [0.15, 0.2) is 29.3 Å². The van der Waals surface area contributed by atoms with E-state index in [1.165, 1.54) is 11.3 Å². The summed E-state index contributed by atoms with van der Waals surface area (Å²) in [6, 6.07) is 6.68. The van der Waals surface area contributed by atoms with Crippen molar-refractivity contribution in [2.75, 3.05) is 20.1 Å². The van der Waals surface area contributed by atoms with Crippen molar-refractivity contribution in [1.82, 2.24) is 20.0 Å². The molecule has 3 heterocycles. The van der Waals surface area contributed by atoms with E-state index in [1.807, 2.05) is 29.2 Å². The van der Waals surface area contributed by atoms with Crippen LogP contribution >= 0.6 is 11.6 Å². The number of urea groups is 1. The number of carbonyl (C=O) groups excluding carboxylic acids is 2. The Bertz CT molecular complexity index is 798. The predicted molar refractivity (Wildman–Crippen MR) is 103 cm³/mol. The van der Waals surface area contributed by atoms with Gasteiger partial charge in [-0.05, 0) is 30.4 Å². The second kappa shape index (κ2) is 7.03. The van der Waals surface area contributed by atoms with Crippen molar-refractivity contribution in [3.8, 4) is 0 Å². The molecule has 3 atom stereocenters. The van der Waals surface area contributed by atoms with Gasteiger partial charge in [0.25, 0.3) is 5.91 Å². The molecule has 4 rings (SSSR count). The van der Waals surface area contributed by atoms with Crippen LogP contribution in [-0.4, -0.2) is 64.9 Å². The third-order valence-corrected chi connectivity index (χ3v) is 5.95. The van der Waals surface area contributed by atoms with Crippen molar-refractivity contribution in [1.29, 1.82) is 0 Å². The Balaban J connectivity index is 1.70. The zero-order valence-corrected chi connectivity index (χ0v) is 16.3. The quantitative estimate of drug-likeness (QED) is 0.841. The maximum absolute atomic E-state index is 12.7. The number of hydrogen-bond donors (Lipinski definition) is 1. The second-order valence-electron chi connectivity index (χ2n) is 7.61. The van der Waals surface area contributed by atoms with Crippen LogP contribution < -0.4 is 5.32 Å². The average molecular weight is 390 g/mol. The third kappa shape index (κ3) is 3.25. The fourth-order valence-corrected chi connectivity index (χ4v) is 4.32. The van der Waals surface area contributed by atoms with Crippen LogP contribution in [-0.2, 0) is 11.3 Å². The van der Waals surface area contributed by atoms with Crippen LogP contribution in [0.25, 0.3) is 0 Å². The number of imide groups is 1. The zero-order chi connectivity index (χ0) is 19.1. The molecule has 2 fully saturated rings. The van der Waals surface area contributed by atoms with E-state index in [0.29, 0.717) is 17.5 Å². The number of amides is 3. The first-order valence-electron chi connectivity index (χ1n) is 9.36. The highest BCUT2D eigenvalue weighted by Gasteiger charge is 2.49. The molecule has 0 bridgehead atoms. The largest absolute Gasteiger partial charge is 0.342 e. The van der Waals surface area contributed by atoms with Crippen molar-refractivity contribution in [3.63, 3.8) is 0 Å². The molecule has 0 aromatic heterocycles. The molecule has 1 aromatic rings. The van der Waals surface area contributed by atoms with Crippen LogP contribution in [0.3, 0.4) is 0 Å². The van der Waals surface area contributed by atoms with E-state index in [9.17, 15) is 9.59 Å². The molecule has 0 spiro atoms. The molecule has 1 N–H and O–H groups in total. The minimum atomic E-state index is -0.545. The Kier molecular flexibility index (Phi) is 4.72. The summed E-state index contributed by atoms with van der Waals surface area (Å²) in [5.74, 6) is 1.05. The van der Waals surface area contributed by atoms with Crippen molar-refractivity contribution in [3.05, 3.63) is 34.9 Å². The summed E-state index contributed by atoms with van der Waals surface area (Å²) >= 11 is 6.38. The highest BCUT2D eigenvalue weighted by atomic mass is 35.5. The Morgan fingerprint density at radius 3 is 2.81 bits per heavy atom. The maximum atomic E-state index is 12.7. The Morgan fingerprint density at radius 1 is 1.30 bits per heavy atom. The summed E-state index contributed by atoms with van der Waals surface area (Å²) in [6.45, 7) is 4.51. The third-order valence-electron chi connectivity index (χ3n) is 5.58. The van der Waals surface area contributed by atoms with Gasteiger partial charge in [-0.25, -0.2) is 9.79 Å². The fourth-order valence-electron chi connectivity index (χ4n) is 4.12. The lowest BCUT2D eigenvalue weighted by atomic mass is 10.0. The van der Waals surface area contributed by atoms with Crippen LogP contribution in [0.2, 0.25) is 5.02 Å². The number of fused-ring (bicyclic) bond motifs is 1. The van der Waals surface area contributed by atoms with Crippen LogP contribution in [0.4, 0.5) is 4.79 Å². The normalized spacial score (nSPS) is 28.2. The topological polar surface area (TPSA) is 68.2 Å². The number of halogens is 1. The molecule has 144 valence electrons. The molecular weight excluding hydrogens is 366 g/mol. The monoisotopic (exact) mass is 389 g/mol. The molecule has 3 aliphatic heterocycles. The van der Waals surface area contributed by atoms with E-state index >= 15 is 0 Å². The molecule has 2 saturated heterocycles. The fraction of sp³-hybridized carbons (Fsp3) is 0.526. The van der Waals surface area contributed by atoms with Crippen LogP contribution in [0.5, 0.6) is 0 Å². The Labute approximate surface area is 164 Å². The van der Waals surface area contributed by atoms with E-state index in [4.69, 9.17) is 16.6 Å². The van der Waals surface area contributed by atoms with Crippen molar-refractivity contribution in [2.45, 2.75) is 38.5 Å². The first-order chi connectivity index (χ1) is 13.0. The van der Waals surface area contributed by atoms with Gasteiger partial charge >= 0.3 is 6.03 Å². The van der Waals surface area contributed by atoms with Gasteiger partial charge in [-0.1, -0.05) is 36.7 Å². The van der Waals surface area contributed by atoms with Gasteiger partial charge in [0.05, 0.1) is 0 Å². The summed E-state index contributed by atoms with van der Waals surface area (Å²) in [5, 5.41) is 3.10. The Morgan fingerprint density at radius 2 is 2.07 bits per heavy atom. The SMILES string of the molecule is CC1CCCN(C2=NC3C(C(=O)NC(=O)N3C)N2Cc2ccccc2Cl)C1. The van der Waals surface area contributed by atoms with Gasteiger partial charge in [0, 0.05) is 31.7 Å². The highest BCUT2D eigenvalue weighted by Crippen LogP contribution is 2.30. The number of nitrogens with zero attached hydrogens (tertiary/aromatic N) is 4. The van der Waals surface area contributed by atoms with Crippen LogP contribution in [0.1, 0.15) is 25.3 Å². The summed E-state index contributed by atoms with van der Waals surface area (Å²) in [4.78, 5) is 35.3. The van der Waals surface area contributed by atoms with Gasteiger partial charge in [0.15, 0.2) is 18.2 Å². The Hall–Kier alpha value is -2.28. The van der Waals surface area contributed by atoms with Gasteiger partial charge in [-0.3, -0.25) is 10.1 Å². The van der Waals surface area contributed by atoms with Gasteiger partial charge in [-0.2, -0.15) is 0 Å². The first-order valence-corrected chi connectivity index (χ1v) is 9.74. The molecular formula is C19H24ClN5O2. The number of guanidine groups is 1. The highest BCUT2D eigenvalue weighted by molar-refractivity contribution is 6.31. The lowest BCUT2D eigenvalue weighted by molar-refractivity contribution is -0.127. The number of carbonyl (C=O) groups is 2. The number of likely N-dealkylation sites (tertiary alicyclic amines) is 1. The molecule has 7 nitrogen and oxygen atoms in total. The maximum Gasteiger partial charge on any atom is 0.325 e. The van der Waals surface area contributed by atoms with E-state index in [2.05, 4.69) is 17.1 Å². The number of nitrogens with one attached hydrogen (secondary N) is 1. The average Bonchev–Trinajstić information content (AvgIpc) is 3.02. The standard InChI is InChI=1S/C19H24ClN5O2/c1-12-6-5-9-24(10-12)18-21-16-15(17(26)22-19(27)23(16)2)25(18)11-13-7-3-4-8-14(13)20/h3-4,7-8,12,15-16H,5-6,9-11H2,1-2H3,(H,22,26,27). The molecule has 1 aromatic carbocycles. The van der Waals surface area contributed by atoms with Gasteiger partial charge < -0.3 is 14.7 Å². The van der Waals surface area contributed by atoms with Crippen molar-refractivity contribution >= 4 is 29.5 Å². The summed E-state index contributed by atoms with van der Waals surface area (Å²) in [6.07, 6.45) is 1.78. The number of piperidine rings is 1. The van der Waals surface area contributed by atoms with E-state index < -0.39 is 18.2 Å². The number of rotatable bonds is 2. The molecule has 3 amide bonds. The zero-order valence-electron chi connectivity index (χ0n) is 15.6. The van der Waals surface area contributed by atoms with Gasteiger partial charge in [-0.15, -0.1) is 0 Å². The lowest BCUT2D eigenvalue weighted by Crippen LogP contribution is -2.64. The van der Waals surface area contributed by atoms with Crippen molar-refractivity contribution < 1.29 is 9.59 Å². The predicted octanol–water partition coefficient (Wildman–Crippen LogP) is 2.12. The number of aliphatic imine (C=N–C) groups is 1. The van der Waals surface area contributed by atoms with E-state index in [-0.39, 0.29) is 5.91 Å². The summed E-state index contributed by atoms with van der Waals surface area (Å²) in [7, 11) is 1.68. The smallest absolute Gasteiger partial charge is 0.325 e. The minimum Gasteiger partial charge on any atom is -0.342 e. The van der Waals surface area contributed by atoms with Crippen LogP contribution in [0, 0.1) is 5.92 Å². The molecule has 27 heavy (non-hydrogen) atoms. The molecule has 0 saturated carbocycles. The van der Waals surface area contributed by atoms with E-state index in [1.54, 1.807) is 7.05 Å². The second-order valence-corrected chi connectivity index (χ2v) is 8.01. The summed E-state index contributed by atoms with van der Waals surface area (Å²) in [5.41, 5.74) is 0.935. The van der Waals surface area contributed by atoms with Gasteiger partial charge in [0.1, 0.15) is 0 Å². The van der Waals surface area contributed by atoms with Gasteiger partial charge in [0.2, 0.25) is 0 Å². The minimum absolute atomic E-state index is 0.307.